The number of carbonyl (C=O) groups is 3. The molecule has 2 aromatic carbocycles. The zero-order valence-electron chi connectivity index (χ0n) is 21.7. The van der Waals surface area contributed by atoms with Gasteiger partial charge in [0.1, 0.15) is 18.1 Å². The second-order valence-electron chi connectivity index (χ2n) is 8.79. The van der Waals surface area contributed by atoms with Crippen molar-refractivity contribution < 1.29 is 28.2 Å². The molecule has 0 atom stereocenters. The van der Waals surface area contributed by atoms with E-state index in [1.165, 1.54) is 6.07 Å². The summed E-state index contributed by atoms with van der Waals surface area (Å²) in [4.78, 5) is 40.8. The average molecular weight is 523 g/mol. The highest BCUT2D eigenvalue weighted by atomic mass is 19.1. The molecule has 0 radical (unpaired) electrons. The number of urea groups is 1. The molecule has 3 aromatic rings. The van der Waals surface area contributed by atoms with Crippen LogP contribution in [0.1, 0.15) is 23.0 Å². The van der Waals surface area contributed by atoms with Gasteiger partial charge in [0.2, 0.25) is 0 Å². The van der Waals surface area contributed by atoms with Crippen molar-refractivity contribution in [3.63, 3.8) is 0 Å². The first kappa shape index (κ1) is 26.7. The summed E-state index contributed by atoms with van der Waals surface area (Å²) in [5.74, 6) is -0.465. The second kappa shape index (κ2) is 11.8. The summed E-state index contributed by atoms with van der Waals surface area (Å²) >= 11 is 0. The molecule has 1 fully saturated rings. The zero-order chi connectivity index (χ0) is 27.2. The van der Waals surface area contributed by atoms with E-state index in [-0.39, 0.29) is 25.1 Å². The molecule has 9 nitrogen and oxygen atoms in total. The highest BCUT2D eigenvalue weighted by Gasteiger charge is 2.28. The summed E-state index contributed by atoms with van der Waals surface area (Å²) in [7, 11) is 1.58. The third-order valence-electron chi connectivity index (χ3n) is 6.48. The Hall–Kier alpha value is -4.34. The van der Waals surface area contributed by atoms with Crippen molar-refractivity contribution in [1.29, 1.82) is 0 Å². The number of esters is 1. The maximum Gasteiger partial charge on any atom is 0.325 e. The van der Waals surface area contributed by atoms with E-state index in [9.17, 15) is 18.8 Å². The van der Waals surface area contributed by atoms with E-state index in [4.69, 9.17) is 9.47 Å². The van der Waals surface area contributed by atoms with Gasteiger partial charge in [-0.1, -0.05) is 24.3 Å². The SMILES string of the molecule is CCOC(=O)CNC(=O)N1CCN(C(=O)c2cc(-c3cccc(OC)c3)n(-c3ccccc3F)c2C)CC1. The maximum atomic E-state index is 14.9. The van der Waals surface area contributed by atoms with Gasteiger partial charge in [0, 0.05) is 37.4 Å². The number of amides is 3. The fraction of sp³-hybridized carbons (Fsp3) is 0.321. The van der Waals surface area contributed by atoms with E-state index in [0.29, 0.717) is 54.6 Å². The zero-order valence-corrected chi connectivity index (χ0v) is 21.7. The molecular formula is C28H31FN4O5. The van der Waals surface area contributed by atoms with E-state index >= 15 is 0 Å². The predicted molar refractivity (Wildman–Crippen MR) is 140 cm³/mol. The lowest BCUT2D eigenvalue weighted by Gasteiger charge is -2.34. The van der Waals surface area contributed by atoms with Gasteiger partial charge >= 0.3 is 12.0 Å². The van der Waals surface area contributed by atoms with Crippen LogP contribution in [0.4, 0.5) is 9.18 Å². The Bertz CT molecular complexity index is 1330. The summed E-state index contributed by atoms with van der Waals surface area (Å²) in [6.45, 7) is 4.81. The van der Waals surface area contributed by atoms with Crippen molar-refractivity contribution in [1.82, 2.24) is 19.7 Å². The fourth-order valence-corrected chi connectivity index (χ4v) is 4.52. The molecule has 0 unspecified atom stereocenters. The molecule has 1 aliphatic heterocycles. The number of nitrogens with zero attached hydrogens (tertiary/aromatic N) is 3. The summed E-state index contributed by atoms with van der Waals surface area (Å²) < 4.78 is 26.9. The molecule has 200 valence electrons. The number of halogens is 1. The lowest BCUT2D eigenvalue weighted by molar-refractivity contribution is -0.141. The topological polar surface area (TPSA) is 93.1 Å². The molecule has 2 heterocycles. The second-order valence-corrected chi connectivity index (χ2v) is 8.79. The standard InChI is InChI=1S/C28H31FN4O5/c1-4-38-26(34)18-30-28(36)32-14-12-31(13-15-32)27(35)22-17-25(20-8-7-9-21(16-20)37-3)33(19(22)2)24-11-6-5-10-23(24)29/h5-11,16-17H,4,12-15,18H2,1-3H3,(H,30,36). The Morgan fingerprint density at radius 2 is 1.68 bits per heavy atom. The highest BCUT2D eigenvalue weighted by molar-refractivity contribution is 5.97. The minimum atomic E-state index is -0.503. The molecule has 3 amide bonds. The molecule has 0 saturated carbocycles. The van der Waals surface area contributed by atoms with Gasteiger partial charge in [-0.05, 0) is 44.2 Å². The van der Waals surface area contributed by atoms with Gasteiger partial charge in [0.15, 0.2) is 0 Å². The highest BCUT2D eigenvalue weighted by Crippen LogP contribution is 2.33. The van der Waals surface area contributed by atoms with E-state index in [1.54, 1.807) is 59.6 Å². The number of rotatable bonds is 7. The third-order valence-corrected chi connectivity index (χ3v) is 6.48. The molecule has 10 heteroatoms. The first-order valence-electron chi connectivity index (χ1n) is 12.4. The van der Waals surface area contributed by atoms with E-state index in [1.807, 2.05) is 24.3 Å². The van der Waals surface area contributed by atoms with Crippen molar-refractivity contribution in [2.45, 2.75) is 13.8 Å². The summed E-state index contributed by atoms with van der Waals surface area (Å²) in [6.07, 6.45) is 0. The van der Waals surface area contributed by atoms with Crippen LogP contribution in [0.25, 0.3) is 16.9 Å². The summed E-state index contributed by atoms with van der Waals surface area (Å²) in [5, 5.41) is 2.54. The number of hydrogen-bond donors (Lipinski definition) is 1. The number of carbonyl (C=O) groups excluding carboxylic acids is 3. The van der Waals surface area contributed by atoms with Crippen LogP contribution in [0.5, 0.6) is 5.75 Å². The largest absolute Gasteiger partial charge is 0.497 e. The predicted octanol–water partition coefficient (Wildman–Crippen LogP) is 3.63. The van der Waals surface area contributed by atoms with Gasteiger partial charge in [-0.2, -0.15) is 0 Å². The van der Waals surface area contributed by atoms with Crippen LogP contribution >= 0.6 is 0 Å². The van der Waals surface area contributed by atoms with E-state index in [0.717, 1.165) is 5.56 Å². The van der Waals surface area contributed by atoms with Crippen molar-refractivity contribution in [2.75, 3.05) is 46.4 Å². The Balaban J connectivity index is 1.57. The number of piperazine rings is 1. The molecule has 0 bridgehead atoms. The minimum Gasteiger partial charge on any atom is -0.497 e. The quantitative estimate of drug-likeness (QED) is 0.479. The summed E-state index contributed by atoms with van der Waals surface area (Å²) in [6, 6.07) is 15.2. The third kappa shape index (κ3) is 5.64. The van der Waals surface area contributed by atoms with Crippen LogP contribution in [-0.4, -0.2) is 78.7 Å². The number of para-hydroxylation sites is 1. The number of benzene rings is 2. The van der Waals surface area contributed by atoms with Crippen molar-refractivity contribution >= 4 is 17.9 Å². The smallest absolute Gasteiger partial charge is 0.325 e. The molecule has 1 aliphatic rings. The van der Waals surface area contributed by atoms with Gasteiger partial charge in [-0.3, -0.25) is 9.59 Å². The van der Waals surface area contributed by atoms with Crippen LogP contribution in [0.2, 0.25) is 0 Å². The van der Waals surface area contributed by atoms with Gasteiger partial charge in [0.05, 0.1) is 30.7 Å². The lowest BCUT2D eigenvalue weighted by Crippen LogP contribution is -2.53. The van der Waals surface area contributed by atoms with Crippen molar-refractivity contribution in [3.05, 3.63) is 71.7 Å². The van der Waals surface area contributed by atoms with Gasteiger partial charge < -0.3 is 29.2 Å². The molecule has 38 heavy (non-hydrogen) atoms. The number of ether oxygens (including phenoxy) is 2. The Morgan fingerprint density at radius 1 is 0.974 bits per heavy atom. The molecule has 4 rings (SSSR count). The van der Waals surface area contributed by atoms with E-state index < -0.39 is 11.8 Å². The van der Waals surface area contributed by atoms with Crippen LogP contribution in [0.15, 0.2) is 54.6 Å². The number of hydrogen-bond acceptors (Lipinski definition) is 5. The Kier molecular flexibility index (Phi) is 8.30. The number of methoxy groups -OCH3 is 1. The van der Waals surface area contributed by atoms with Gasteiger partial charge in [-0.15, -0.1) is 0 Å². The van der Waals surface area contributed by atoms with Crippen molar-refractivity contribution in [2.24, 2.45) is 0 Å². The van der Waals surface area contributed by atoms with E-state index in [2.05, 4.69) is 5.32 Å². The molecular weight excluding hydrogens is 491 g/mol. The van der Waals surface area contributed by atoms with Crippen molar-refractivity contribution in [3.8, 4) is 22.7 Å². The van der Waals surface area contributed by atoms with Gasteiger partial charge in [0.25, 0.3) is 5.91 Å². The fourth-order valence-electron chi connectivity index (χ4n) is 4.52. The van der Waals surface area contributed by atoms with Gasteiger partial charge in [-0.25, -0.2) is 9.18 Å². The Morgan fingerprint density at radius 3 is 2.37 bits per heavy atom. The number of aromatic nitrogens is 1. The number of nitrogens with one attached hydrogen (secondary N) is 1. The molecule has 0 spiro atoms. The van der Waals surface area contributed by atoms with Crippen LogP contribution in [0.3, 0.4) is 0 Å². The normalized spacial score (nSPS) is 13.3. The molecule has 1 saturated heterocycles. The first-order chi connectivity index (χ1) is 18.3. The molecule has 1 N–H and O–H groups in total. The monoisotopic (exact) mass is 522 g/mol. The van der Waals surface area contributed by atoms with Crippen LogP contribution < -0.4 is 10.1 Å². The average Bonchev–Trinajstić information content (AvgIpc) is 3.28. The molecule has 0 aliphatic carbocycles. The Labute approximate surface area is 220 Å². The van der Waals surface area contributed by atoms with Crippen LogP contribution in [-0.2, 0) is 9.53 Å². The molecule has 1 aromatic heterocycles. The first-order valence-corrected chi connectivity index (χ1v) is 12.4. The van der Waals surface area contributed by atoms with Crippen LogP contribution in [0, 0.1) is 12.7 Å². The summed E-state index contributed by atoms with van der Waals surface area (Å²) in [5.41, 5.74) is 2.83. The lowest BCUT2D eigenvalue weighted by atomic mass is 10.1. The minimum absolute atomic E-state index is 0.201. The maximum absolute atomic E-state index is 14.9.